The Morgan fingerprint density at radius 2 is 2.30 bits per heavy atom. The minimum absolute atomic E-state index is 0.257. The highest BCUT2D eigenvalue weighted by Gasteiger charge is 2.50. The fourth-order valence-electron chi connectivity index (χ4n) is 3.32. The van der Waals surface area contributed by atoms with Crippen LogP contribution in [0.25, 0.3) is 0 Å². The van der Waals surface area contributed by atoms with Gasteiger partial charge in [0.25, 0.3) is 0 Å². The van der Waals surface area contributed by atoms with E-state index in [1.165, 1.54) is 0 Å². The lowest BCUT2D eigenvalue weighted by Gasteiger charge is -2.47. The summed E-state index contributed by atoms with van der Waals surface area (Å²) in [6.07, 6.45) is 4.14. The number of pyridine rings is 1. The Kier molecular flexibility index (Phi) is 5.27. The largest absolute Gasteiger partial charge is 0.371 e. The second kappa shape index (κ2) is 7.22. The summed E-state index contributed by atoms with van der Waals surface area (Å²) < 4.78 is 6.31. The molecule has 0 N–H and O–H groups in total. The molecule has 1 aromatic heterocycles. The van der Waals surface area contributed by atoms with Gasteiger partial charge in [-0.25, -0.2) is 0 Å². The highest BCUT2D eigenvalue weighted by atomic mass is 32.2. The van der Waals surface area contributed by atoms with Crippen LogP contribution in [0.2, 0.25) is 0 Å². The molecule has 1 aromatic rings. The number of carbonyl (C=O) groups is 1. The smallest absolute Gasteiger partial charge is 0.222 e. The molecule has 2 aliphatic rings. The van der Waals surface area contributed by atoms with E-state index in [2.05, 4.69) is 11.9 Å². The van der Waals surface area contributed by atoms with Crippen LogP contribution in [0.4, 0.5) is 0 Å². The third-order valence-electron chi connectivity index (χ3n) is 4.64. The van der Waals surface area contributed by atoms with Gasteiger partial charge in [0.15, 0.2) is 0 Å². The van der Waals surface area contributed by atoms with Crippen molar-refractivity contribution < 1.29 is 9.53 Å². The first-order valence-corrected chi connectivity index (χ1v) is 9.55. The molecule has 2 aliphatic heterocycles. The molecule has 0 unspecified atom stereocenters. The van der Waals surface area contributed by atoms with Crippen LogP contribution in [0, 0.1) is 6.92 Å². The van der Waals surface area contributed by atoms with Gasteiger partial charge in [-0.1, -0.05) is 19.4 Å². The molecular weight excluding hydrogens is 308 g/mol. The molecule has 2 fully saturated rings. The van der Waals surface area contributed by atoms with Crippen molar-refractivity contribution in [2.24, 2.45) is 0 Å². The van der Waals surface area contributed by atoms with Gasteiger partial charge in [-0.15, -0.1) is 11.8 Å². The predicted octanol–water partition coefficient (Wildman–Crippen LogP) is 3.18. The van der Waals surface area contributed by atoms with Gasteiger partial charge in [0.1, 0.15) is 0 Å². The maximum absolute atomic E-state index is 12.0. The minimum Gasteiger partial charge on any atom is -0.371 e. The summed E-state index contributed by atoms with van der Waals surface area (Å²) in [6.45, 7) is 6.53. The Hall–Kier alpha value is -1.07. The van der Waals surface area contributed by atoms with Crippen LogP contribution in [-0.4, -0.2) is 45.5 Å². The number of hydrogen-bond donors (Lipinski definition) is 0. The molecule has 3 rings (SSSR count). The van der Waals surface area contributed by atoms with E-state index >= 15 is 0 Å². The number of aromatic nitrogens is 1. The highest BCUT2D eigenvalue weighted by Crippen LogP contribution is 2.46. The number of carbonyl (C=O) groups excluding carboxylic acids is 1. The van der Waals surface area contributed by atoms with Crippen molar-refractivity contribution >= 4 is 17.7 Å². The second-order valence-corrected chi connectivity index (χ2v) is 8.24. The number of hydrogen-bond acceptors (Lipinski definition) is 4. The number of unbranched alkanes of at least 4 members (excludes halogenated alkanes) is 1. The van der Waals surface area contributed by atoms with Gasteiger partial charge in [-0.05, 0) is 31.9 Å². The SMILES string of the molecule is CCCCC(=O)N1CC2(C[C@H](OCc3cccc(C)n3)CS2)C1. The lowest BCUT2D eigenvalue weighted by Crippen LogP contribution is -2.60. The number of aryl methyl sites for hydroxylation is 1. The number of ether oxygens (including phenoxy) is 1. The summed E-state index contributed by atoms with van der Waals surface area (Å²) in [6, 6.07) is 6.04. The van der Waals surface area contributed by atoms with E-state index < -0.39 is 0 Å². The predicted molar refractivity (Wildman–Crippen MR) is 93.5 cm³/mol. The first-order valence-electron chi connectivity index (χ1n) is 8.56. The first-order chi connectivity index (χ1) is 11.1. The Morgan fingerprint density at radius 3 is 3.04 bits per heavy atom. The molecule has 126 valence electrons. The van der Waals surface area contributed by atoms with E-state index in [9.17, 15) is 4.79 Å². The average molecular weight is 334 g/mol. The van der Waals surface area contributed by atoms with E-state index in [1.54, 1.807) is 0 Å². The second-order valence-electron chi connectivity index (χ2n) is 6.75. The lowest BCUT2D eigenvalue weighted by atomic mass is 9.92. The van der Waals surface area contributed by atoms with Crippen LogP contribution in [0.15, 0.2) is 18.2 Å². The molecule has 1 spiro atoms. The van der Waals surface area contributed by atoms with Gasteiger partial charge < -0.3 is 9.64 Å². The standard InChI is InChI=1S/C18H26N2O2S/c1-3-4-8-17(21)20-12-18(13-20)9-16(11-23-18)22-10-15-7-5-6-14(2)19-15/h5-7,16H,3-4,8-13H2,1-2H3/t16-/m0/s1. The highest BCUT2D eigenvalue weighted by molar-refractivity contribution is 8.01. The number of nitrogens with zero attached hydrogens (tertiary/aromatic N) is 2. The molecule has 1 amide bonds. The molecular formula is C18H26N2O2S. The Morgan fingerprint density at radius 1 is 1.48 bits per heavy atom. The van der Waals surface area contributed by atoms with E-state index in [4.69, 9.17) is 4.74 Å². The summed E-state index contributed by atoms with van der Waals surface area (Å²) in [4.78, 5) is 18.5. The lowest BCUT2D eigenvalue weighted by molar-refractivity contribution is -0.136. The van der Waals surface area contributed by atoms with Gasteiger partial charge in [-0.3, -0.25) is 9.78 Å². The summed E-state index contributed by atoms with van der Waals surface area (Å²) in [5.41, 5.74) is 2.03. The van der Waals surface area contributed by atoms with Gasteiger partial charge in [0.2, 0.25) is 5.91 Å². The zero-order chi connectivity index (χ0) is 16.3. The third kappa shape index (κ3) is 4.07. The van der Waals surface area contributed by atoms with Crippen molar-refractivity contribution in [2.75, 3.05) is 18.8 Å². The zero-order valence-electron chi connectivity index (χ0n) is 14.1. The summed E-state index contributed by atoms with van der Waals surface area (Å²) in [5, 5.41) is 0. The zero-order valence-corrected chi connectivity index (χ0v) is 14.9. The Labute approximate surface area is 143 Å². The quantitative estimate of drug-likeness (QED) is 0.801. The number of likely N-dealkylation sites (tertiary alicyclic amines) is 1. The van der Waals surface area contributed by atoms with Crippen molar-refractivity contribution in [3.63, 3.8) is 0 Å². The minimum atomic E-state index is 0.257. The number of amides is 1. The van der Waals surface area contributed by atoms with Crippen LogP contribution in [0.1, 0.15) is 44.0 Å². The number of thioether (sulfide) groups is 1. The third-order valence-corrected chi connectivity index (χ3v) is 6.22. The Balaban J connectivity index is 1.42. The van der Waals surface area contributed by atoms with E-state index in [0.717, 1.165) is 49.5 Å². The molecule has 0 saturated carbocycles. The molecule has 0 aliphatic carbocycles. The summed E-state index contributed by atoms with van der Waals surface area (Å²) >= 11 is 1.98. The van der Waals surface area contributed by atoms with Crippen molar-refractivity contribution in [3.05, 3.63) is 29.6 Å². The van der Waals surface area contributed by atoms with Crippen LogP contribution >= 0.6 is 11.8 Å². The van der Waals surface area contributed by atoms with Gasteiger partial charge in [0, 0.05) is 31.0 Å². The van der Waals surface area contributed by atoms with Crippen LogP contribution in [0.5, 0.6) is 0 Å². The van der Waals surface area contributed by atoms with Crippen LogP contribution in [0.3, 0.4) is 0 Å². The molecule has 5 heteroatoms. The molecule has 0 bridgehead atoms. The van der Waals surface area contributed by atoms with Crippen LogP contribution < -0.4 is 0 Å². The van der Waals surface area contributed by atoms with E-state index in [0.29, 0.717) is 18.9 Å². The fourth-order valence-corrected chi connectivity index (χ4v) is 4.88. The molecule has 2 saturated heterocycles. The average Bonchev–Trinajstić information content (AvgIpc) is 2.94. The van der Waals surface area contributed by atoms with Crippen molar-refractivity contribution in [1.29, 1.82) is 0 Å². The summed E-state index contributed by atoms with van der Waals surface area (Å²) in [5.74, 6) is 1.36. The number of rotatable bonds is 6. The molecule has 0 aromatic carbocycles. The first kappa shape index (κ1) is 16.8. The molecule has 1 atom stereocenters. The molecule has 3 heterocycles. The normalized spacial score (nSPS) is 22.3. The van der Waals surface area contributed by atoms with E-state index in [1.807, 2.05) is 41.8 Å². The van der Waals surface area contributed by atoms with Crippen molar-refractivity contribution in [3.8, 4) is 0 Å². The molecule has 4 nitrogen and oxygen atoms in total. The molecule has 0 radical (unpaired) electrons. The van der Waals surface area contributed by atoms with Crippen molar-refractivity contribution in [1.82, 2.24) is 9.88 Å². The Bertz CT molecular complexity index is 558. The van der Waals surface area contributed by atoms with Gasteiger partial charge in [-0.2, -0.15) is 0 Å². The van der Waals surface area contributed by atoms with Crippen LogP contribution in [-0.2, 0) is 16.1 Å². The maximum Gasteiger partial charge on any atom is 0.222 e. The van der Waals surface area contributed by atoms with Gasteiger partial charge >= 0.3 is 0 Å². The van der Waals surface area contributed by atoms with Crippen molar-refractivity contribution in [2.45, 2.75) is 57.0 Å². The maximum atomic E-state index is 12.0. The van der Waals surface area contributed by atoms with Gasteiger partial charge in [0.05, 0.1) is 23.2 Å². The van der Waals surface area contributed by atoms with E-state index in [-0.39, 0.29) is 10.9 Å². The molecule has 23 heavy (non-hydrogen) atoms. The monoisotopic (exact) mass is 334 g/mol. The summed E-state index contributed by atoms with van der Waals surface area (Å²) in [7, 11) is 0. The fraction of sp³-hybridized carbons (Fsp3) is 0.667. The topological polar surface area (TPSA) is 42.4 Å².